The van der Waals surface area contributed by atoms with E-state index in [1.54, 1.807) is 0 Å². The zero-order valence-corrected chi connectivity index (χ0v) is 14.6. The van der Waals surface area contributed by atoms with Crippen LogP contribution in [0.3, 0.4) is 0 Å². The van der Waals surface area contributed by atoms with Crippen LogP contribution < -0.4 is 0 Å². The second kappa shape index (κ2) is 7.33. The predicted octanol–water partition coefficient (Wildman–Crippen LogP) is 2.95. The first kappa shape index (κ1) is 18.1. The highest BCUT2D eigenvalue weighted by atomic mass is 79.9. The molecule has 0 N–H and O–H groups in total. The summed E-state index contributed by atoms with van der Waals surface area (Å²) in [6, 6.07) is 4.08. The van der Waals surface area contributed by atoms with Crippen LogP contribution in [0.5, 0.6) is 0 Å². The van der Waals surface area contributed by atoms with E-state index in [4.69, 9.17) is 0 Å². The number of alkyl halides is 1. The van der Waals surface area contributed by atoms with E-state index >= 15 is 0 Å². The van der Waals surface area contributed by atoms with Crippen LogP contribution in [0.25, 0.3) is 0 Å². The Balaban J connectivity index is 3.23. The molecule has 0 heterocycles. The fourth-order valence-corrected chi connectivity index (χ4v) is 3.64. The normalized spacial score (nSPS) is 13.4. The summed E-state index contributed by atoms with van der Waals surface area (Å²) in [6.45, 7) is 2.04. The van der Waals surface area contributed by atoms with E-state index in [1.165, 1.54) is 26.2 Å². The number of nitrogens with zero attached hydrogens (tertiary/aromatic N) is 2. The van der Waals surface area contributed by atoms with Crippen molar-refractivity contribution in [2.75, 3.05) is 14.1 Å². The highest BCUT2D eigenvalue weighted by Gasteiger charge is 2.23. The molecule has 118 valence electrons. The number of nitro groups is 1. The molecule has 1 aromatic rings. The molecule has 0 saturated carbocycles. The highest BCUT2D eigenvalue weighted by molar-refractivity contribution is 9.09. The molecule has 0 bridgehead atoms. The van der Waals surface area contributed by atoms with Crippen molar-refractivity contribution in [2.45, 2.75) is 35.9 Å². The maximum absolute atomic E-state index is 12.0. The Labute approximate surface area is 133 Å². The molecule has 6 nitrogen and oxygen atoms in total. The van der Waals surface area contributed by atoms with Crippen LogP contribution in [0.4, 0.5) is 5.69 Å². The largest absolute Gasteiger partial charge is 0.273 e. The average molecular weight is 379 g/mol. The Kier molecular flexibility index (Phi) is 6.30. The molecule has 0 amide bonds. The Morgan fingerprint density at radius 1 is 1.38 bits per heavy atom. The Bertz CT molecular complexity index is 617. The molecule has 1 atom stereocenters. The van der Waals surface area contributed by atoms with Crippen molar-refractivity contribution in [3.63, 3.8) is 0 Å². The molecule has 1 rings (SSSR count). The van der Waals surface area contributed by atoms with E-state index in [1.807, 2.05) is 6.92 Å². The number of hydrogen-bond donors (Lipinski definition) is 0. The van der Waals surface area contributed by atoms with E-state index < -0.39 is 14.9 Å². The number of benzene rings is 1. The zero-order valence-electron chi connectivity index (χ0n) is 12.2. The number of hydrogen-bond acceptors (Lipinski definition) is 4. The standard InChI is InChI=1S/C13H19BrN2O4S/c1-4-5-11(14)8-10-6-7-12(9-13(10)16(17)18)21(19,20)15(2)3/h6-7,9,11H,4-5,8H2,1-3H3. The fourth-order valence-electron chi connectivity index (χ4n) is 1.91. The second-order valence-corrected chi connectivity index (χ2v) is 8.37. The second-order valence-electron chi connectivity index (χ2n) is 4.93. The van der Waals surface area contributed by atoms with Gasteiger partial charge in [0, 0.05) is 30.6 Å². The van der Waals surface area contributed by atoms with Crippen LogP contribution in [0.2, 0.25) is 0 Å². The van der Waals surface area contributed by atoms with Crippen LogP contribution in [0, 0.1) is 10.1 Å². The first-order valence-corrected chi connectivity index (χ1v) is 8.89. The molecule has 0 radical (unpaired) electrons. The van der Waals surface area contributed by atoms with Crippen molar-refractivity contribution >= 4 is 31.6 Å². The molecular weight excluding hydrogens is 360 g/mol. The predicted molar refractivity (Wildman–Crippen MR) is 85.3 cm³/mol. The first-order chi connectivity index (χ1) is 9.70. The van der Waals surface area contributed by atoms with Gasteiger partial charge in [-0.3, -0.25) is 10.1 Å². The third-order valence-corrected chi connectivity index (χ3v) is 5.67. The summed E-state index contributed by atoms with van der Waals surface area (Å²) in [5.74, 6) is 0. The molecule has 8 heteroatoms. The molecule has 0 aliphatic carbocycles. The zero-order chi connectivity index (χ0) is 16.2. The van der Waals surface area contributed by atoms with Gasteiger partial charge in [0.2, 0.25) is 10.0 Å². The lowest BCUT2D eigenvalue weighted by atomic mass is 10.1. The first-order valence-electron chi connectivity index (χ1n) is 6.54. The van der Waals surface area contributed by atoms with Gasteiger partial charge in [-0.05, 0) is 18.9 Å². The lowest BCUT2D eigenvalue weighted by Gasteiger charge is -2.13. The molecule has 0 aliphatic heterocycles. The average Bonchev–Trinajstić information content (AvgIpc) is 2.38. The Morgan fingerprint density at radius 2 is 2.00 bits per heavy atom. The number of rotatable bonds is 7. The van der Waals surface area contributed by atoms with Crippen LogP contribution in [-0.4, -0.2) is 36.6 Å². The third-order valence-electron chi connectivity index (χ3n) is 3.08. The van der Waals surface area contributed by atoms with Gasteiger partial charge in [0.25, 0.3) is 5.69 Å². The fraction of sp³-hybridized carbons (Fsp3) is 0.538. The number of nitro benzene ring substituents is 1. The maximum Gasteiger partial charge on any atom is 0.273 e. The van der Waals surface area contributed by atoms with Crippen LogP contribution in [-0.2, 0) is 16.4 Å². The van der Waals surface area contributed by atoms with Gasteiger partial charge in [-0.2, -0.15) is 0 Å². The molecule has 0 aliphatic rings. The van der Waals surface area contributed by atoms with Gasteiger partial charge in [0.15, 0.2) is 0 Å². The monoisotopic (exact) mass is 378 g/mol. The van der Waals surface area contributed by atoms with Gasteiger partial charge in [0.1, 0.15) is 0 Å². The quantitative estimate of drug-likeness (QED) is 0.414. The van der Waals surface area contributed by atoms with Crippen molar-refractivity contribution in [3.8, 4) is 0 Å². The minimum absolute atomic E-state index is 0.0652. The van der Waals surface area contributed by atoms with Gasteiger partial charge in [0.05, 0.1) is 9.82 Å². The van der Waals surface area contributed by atoms with Gasteiger partial charge >= 0.3 is 0 Å². The van der Waals surface area contributed by atoms with Crippen LogP contribution in [0.1, 0.15) is 25.3 Å². The summed E-state index contributed by atoms with van der Waals surface area (Å²) >= 11 is 3.49. The van der Waals surface area contributed by atoms with Crippen molar-refractivity contribution in [2.24, 2.45) is 0 Å². The minimum atomic E-state index is -3.67. The summed E-state index contributed by atoms with van der Waals surface area (Å²) < 4.78 is 25.1. The lowest BCUT2D eigenvalue weighted by Crippen LogP contribution is -2.22. The van der Waals surface area contributed by atoms with Crippen molar-refractivity contribution in [1.29, 1.82) is 0 Å². The highest BCUT2D eigenvalue weighted by Crippen LogP contribution is 2.27. The summed E-state index contributed by atoms with van der Waals surface area (Å²) in [7, 11) is -0.884. The van der Waals surface area contributed by atoms with Crippen molar-refractivity contribution in [1.82, 2.24) is 4.31 Å². The van der Waals surface area contributed by atoms with E-state index in [-0.39, 0.29) is 15.4 Å². The third kappa shape index (κ3) is 4.49. The Hall–Kier alpha value is -0.990. The van der Waals surface area contributed by atoms with E-state index in [0.717, 1.165) is 23.2 Å². The molecule has 0 spiro atoms. The van der Waals surface area contributed by atoms with Gasteiger partial charge in [-0.15, -0.1) is 0 Å². The smallest absolute Gasteiger partial charge is 0.258 e. The maximum atomic E-state index is 12.0. The van der Waals surface area contributed by atoms with E-state index in [9.17, 15) is 18.5 Å². The topological polar surface area (TPSA) is 80.5 Å². The molecule has 1 unspecified atom stereocenters. The summed E-state index contributed by atoms with van der Waals surface area (Å²) in [5, 5.41) is 11.2. The van der Waals surface area contributed by atoms with Gasteiger partial charge in [-0.25, -0.2) is 12.7 Å². The summed E-state index contributed by atoms with van der Waals surface area (Å²) in [4.78, 5) is 10.7. The molecular formula is C13H19BrN2O4S. The van der Waals surface area contributed by atoms with Crippen molar-refractivity contribution in [3.05, 3.63) is 33.9 Å². The summed E-state index contributed by atoms with van der Waals surface area (Å²) in [6.07, 6.45) is 2.36. The van der Waals surface area contributed by atoms with Gasteiger partial charge < -0.3 is 0 Å². The molecule has 1 aromatic carbocycles. The van der Waals surface area contributed by atoms with Crippen LogP contribution in [0.15, 0.2) is 23.1 Å². The van der Waals surface area contributed by atoms with E-state index in [2.05, 4.69) is 15.9 Å². The lowest BCUT2D eigenvalue weighted by molar-refractivity contribution is -0.385. The molecule has 0 saturated heterocycles. The molecule has 0 aromatic heterocycles. The minimum Gasteiger partial charge on any atom is -0.258 e. The van der Waals surface area contributed by atoms with Crippen molar-refractivity contribution < 1.29 is 13.3 Å². The Morgan fingerprint density at radius 3 is 2.48 bits per heavy atom. The SMILES string of the molecule is CCCC(Br)Cc1ccc(S(=O)(=O)N(C)C)cc1[N+](=O)[O-]. The number of sulfonamides is 1. The molecule has 0 fully saturated rings. The summed E-state index contributed by atoms with van der Waals surface area (Å²) in [5.41, 5.74) is 0.381. The number of halogens is 1. The van der Waals surface area contributed by atoms with Gasteiger partial charge in [-0.1, -0.05) is 35.3 Å². The van der Waals surface area contributed by atoms with Crippen LogP contribution >= 0.6 is 15.9 Å². The molecule has 21 heavy (non-hydrogen) atoms. The van der Waals surface area contributed by atoms with E-state index in [0.29, 0.717) is 12.0 Å².